The summed E-state index contributed by atoms with van der Waals surface area (Å²) in [5.41, 5.74) is 1.69. The number of hydrogen-bond acceptors (Lipinski definition) is 5. The fraction of sp³-hybridized carbons (Fsp3) is 0.235. The molecule has 3 rings (SSSR count). The normalized spacial score (nSPS) is 12.1. The zero-order valence-corrected chi connectivity index (χ0v) is 13.8. The van der Waals surface area contributed by atoms with Crippen molar-refractivity contribution in [3.05, 3.63) is 59.1 Å². The first-order chi connectivity index (χ1) is 11.1. The summed E-state index contributed by atoms with van der Waals surface area (Å²) >= 11 is 1.56. The van der Waals surface area contributed by atoms with Gasteiger partial charge in [0.1, 0.15) is 5.76 Å². The topological polar surface area (TPSA) is 68.0 Å². The number of amides is 1. The van der Waals surface area contributed by atoms with Gasteiger partial charge in [-0.1, -0.05) is 6.07 Å². The lowest BCUT2D eigenvalue weighted by Crippen LogP contribution is -2.28. The minimum Gasteiger partial charge on any atom is -0.440 e. The van der Waals surface area contributed by atoms with Gasteiger partial charge in [0.05, 0.1) is 23.0 Å². The average molecular weight is 327 g/mol. The molecule has 5 nitrogen and oxygen atoms in total. The molecule has 1 unspecified atom stereocenters. The second-order valence-electron chi connectivity index (χ2n) is 5.25. The van der Waals surface area contributed by atoms with Crippen LogP contribution in [0.25, 0.3) is 10.8 Å². The smallest absolute Gasteiger partial charge is 0.236 e. The van der Waals surface area contributed by atoms with Gasteiger partial charge in [0.2, 0.25) is 11.8 Å². The summed E-state index contributed by atoms with van der Waals surface area (Å²) in [6, 6.07) is 7.60. The molecule has 0 radical (unpaired) electrons. The van der Waals surface area contributed by atoms with E-state index in [1.807, 2.05) is 43.5 Å². The summed E-state index contributed by atoms with van der Waals surface area (Å²) in [5, 5.41) is 4.94. The van der Waals surface area contributed by atoms with Gasteiger partial charge in [-0.2, -0.15) is 0 Å². The number of hydrogen-bond donors (Lipinski definition) is 1. The molecule has 1 amide bonds. The molecule has 6 heteroatoms. The molecule has 3 heterocycles. The number of nitrogens with zero attached hydrogens (tertiary/aromatic N) is 2. The summed E-state index contributed by atoms with van der Waals surface area (Å²) in [6.07, 6.45) is 3.64. The minimum absolute atomic E-state index is 0.0746. The van der Waals surface area contributed by atoms with Crippen LogP contribution in [-0.4, -0.2) is 15.9 Å². The van der Waals surface area contributed by atoms with Crippen LogP contribution < -0.4 is 5.32 Å². The van der Waals surface area contributed by atoms with Gasteiger partial charge in [-0.3, -0.25) is 9.78 Å². The van der Waals surface area contributed by atoms with Crippen LogP contribution >= 0.6 is 11.3 Å². The maximum atomic E-state index is 12.2. The van der Waals surface area contributed by atoms with E-state index in [4.69, 9.17) is 4.42 Å². The van der Waals surface area contributed by atoms with Crippen LogP contribution in [0.5, 0.6) is 0 Å². The van der Waals surface area contributed by atoms with Gasteiger partial charge in [0.25, 0.3) is 0 Å². The highest BCUT2D eigenvalue weighted by Gasteiger charge is 2.16. The van der Waals surface area contributed by atoms with Crippen molar-refractivity contribution in [1.82, 2.24) is 15.3 Å². The molecule has 0 aliphatic rings. The Kier molecular flexibility index (Phi) is 4.52. The highest BCUT2D eigenvalue weighted by atomic mass is 32.1. The van der Waals surface area contributed by atoms with Crippen LogP contribution in [0, 0.1) is 6.92 Å². The first-order valence-corrected chi connectivity index (χ1v) is 8.21. The fourth-order valence-electron chi connectivity index (χ4n) is 2.28. The van der Waals surface area contributed by atoms with E-state index < -0.39 is 0 Å². The number of aryl methyl sites for hydroxylation is 1. The van der Waals surface area contributed by atoms with Crippen molar-refractivity contribution in [2.45, 2.75) is 26.3 Å². The zero-order valence-electron chi connectivity index (χ0n) is 12.9. The van der Waals surface area contributed by atoms with Crippen LogP contribution in [0.15, 0.2) is 46.5 Å². The van der Waals surface area contributed by atoms with Crippen LogP contribution in [0.3, 0.4) is 0 Å². The summed E-state index contributed by atoms with van der Waals surface area (Å²) in [6.45, 7) is 3.78. The predicted molar refractivity (Wildman–Crippen MR) is 89.1 cm³/mol. The molecule has 0 saturated carbocycles. The summed E-state index contributed by atoms with van der Waals surface area (Å²) < 4.78 is 5.66. The van der Waals surface area contributed by atoms with Crippen LogP contribution in [0.2, 0.25) is 0 Å². The number of pyridine rings is 1. The van der Waals surface area contributed by atoms with E-state index in [1.54, 1.807) is 23.7 Å². The van der Waals surface area contributed by atoms with Crippen molar-refractivity contribution in [1.29, 1.82) is 0 Å². The first-order valence-electron chi connectivity index (χ1n) is 7.33. The van der Waals surface area contributed by atoms with Crippen LogP contribution in [-0.2, 0) is 11.2 Å². The van der Waals surface area contributed by atoms with Crippen molar-refractivity contribution >= 4 is 17.2 Å². The second-order valence-corrected chi connectivity index (χ2v) is 6.19. The van der Waals surface area contributed by atoms with Gasteiger partial charge in [-0.15, -0.1) is 11.3 Å². The average Bonchev–Trinajstić information content (AvgIpc) is 3.18. The largest absolute Gasteiger partial charge is 0.440 e. The molecule has 118 valence electrons. The Hall–Kier alpha value is -2.47. The number of rotatable bonds is 5. The Balaban J connectivity index is 1.66. The van der Waals surface area contributed by atoms with Crippen molar-refractivity contribution < 1.29 is 9.21 Å². The quantitative estimate of drug-likeness (QED) is 0.778. The van der Waals surface area contributed by atoms with Gasteiger partial charge >= 0.3 is 0 Å². The molecule has 23 heavy (non-hydrogen) atoms. The van der Waals surface area contributed by atoms with E-state index in [0.717, 1.165) is 10.4 Å². The number of aromatic nitrogens is 2. The van der Waals surface area contributed by atoms with E-state index in [9.17, 15) is 4.79 Å². The van der Waals surface area contributed by atoms with Gasteiger partial charge in [0, 0.05) is 12.4 Å². The number of oxazole rings is 1. The lowest BCUT2D eigenvalue weighted by Gasteiger charge is -2.13. The Morgan fingerprint density at radius 3 is 2.83 bits per heavy atom. The Labute approximate surface area is 138 Å². The molecule has 1 N–H and O–H groups in total. The molecule has 0 aliphatic heterocycles. The standard InChI is InChI=1S/C17H17N3O2S/c1-11(13-5-7-18-8-6-13)19-16(21)10-14-12(2)22-17(20-14)15-4-3-9-23-15/h3-9,11H,10H2,1-2H3,(H,19,21). The number of nitrogens with one attached hydrogen (secondary N) is 1. The monoisotopic (exact) mass is 327 g/mol. The fourth-order valence-corrected chi connectivity index (χ4v) is 2.93. The molecule has 3 aromatic heterocycles. The summed E-state index contributed by atoms with van der Waals surface area (Å²) in [5.74, 6) is 1.17. The van der Waals surface area contributed by atoms with Crippen molar-refractivity contribution in [2.75, 3.05) is 0 Å². The third kappa shape index (κ3) is 3.65. The molecule has 0 bridgehead atoms. The van der Waals surface area contributed by atoms with Crippen LogP contribution in [0.1, 0.15) is 30.0 Å². The maximum Gasteiger partial charge on any atom is 0.236 e. The maximum absolute atomic E-state index is 12.2. The van der Waals surface area contributed by atoms with E-state index >= 15 is 0 Å². The highest BCUT2D eigenvalue weighted by Crippen LogP contribution is 2.26. The van der Waals surface area contributed by atoms with Crippen molar-refractivity contribution in [3.63, 3.8) is 0 Å². The highest BCUT2D eigenvalue weighted by molar-refractivity contribution is 7.13. The van der Waals surface area contributed by atoms with Gasteiger partial charge in [-0.25, -0.2) is 4.98 Å². The Bertz CT molecular complexity index is 782. The summed E-state index contributed by atoms with van der Waals surface area (Å²) in [4.78, 5) is 21.6. The Morgan fingerprint density at radius 2 is 2.13 bits per heavy atom. The molecule has 0 aromatic carbocycles. The zero-order chi connectivity index (χ0) is 16.2. The molecule has 3 aromatic rings. The van der Waals surface area contributed by atoms with Crippen LogP contribution in [0.4, 0.5) is 0 Å². The van der Waals surface area contributed by atoms with E-state index in [1.165, 1.54) is 0 Å². The second kappa shape index (κ2) is 6.75. The summed E-state index contributed by atoms with van der Waals surface area (Å²) in [7, 11) is 0. The van der Waals surface area contributed by atoms with E-state index in [2.05, 4.69) is 15.3 Å². The number of thiophene rings is 1. The number of carbonyl (C=O) groups excluding carboxylic acids is 1. The third-order valence-electron chi connectivity index (χ3n) is 3.54. The molecular weight excluding hydrogens is 310 g/mol. The van der Waals surface area contributed by atoms with Gasteiger partial charge in [0.15, 0.2) is 0 Å². The molecule has 0 saturated heterocycles. The van der Waals surface area contributed by atoms with Crippen molar-refractivity contribution in [3.8, 4) is 10.8 Å². The molecule has 0 fully saturated rings. The minimum atomic E-state index is -0.0801. The number of carbonyl (C=O) groups is 1. The van der Waals surface area contributed by atoms with E-state index in [-0.39, 0.29) is 18.4 Å². The lowest BCUT2D eigenvalue weighted by atomic mass is 10.1. The Morgan fingerprint density at radius 1 is 1.35 bits per heavy atom. The van der Waals surface area contributed by atoms with Gasteiger partial charge < -0.3 is 9.73 Å². The molecular formula is C17H17N3O2S. The van der Waals surface area contributed by atoms with Gasteiger partial charge in [-0.05, 0) is 43.0 Å². The van der Waals surface area contributed by atoms with E-state index in [0.29, 0.717) is 17.3 Å². The molecule has 0 spiro atoms. The third-order valence-corrected chi connectivity index (χ3v) is 4.39. The first kappa shape index (κ1) is 15.4. The molecule has 0 aliphatic carbocycles. The molecule has 1 atom stereocenters. The predicted octanol–water partition coefficient (Wildman–Crippen LogP) is 3.53. The SMILES string of the molecule is Cc1oc(-c2cccs2)nc1CC(=O)NC(C)c1ccncc1. The van der Waals surface area contributed by atoms with Crippen molar-refractivity contribution in [2.24, 2.45) is 0 Å². The lowest BCUT2D eigenvalue weighted by molar-refractivity contribution is -0.121.